The second-order valence-electron chi connectivity index (χ2n) is 7.50. The van der Waals surface area contributed by atoms with Gasteiger partial charge in [-0.3, -0.25) is 0 Å². The summed E-state index contributed by atoms with van der Waals surface area (Å²) in [7, 11) is 0. The first-order valence-corrected chi connectivity index (χ1v) is 9.76. The van der Waals surface area contributed by atoms with Gasteiger partial charge in [-0.05, 0) is 49.4 Å². The van der Waals surface area contributed by atoms with E-state index in [0.717, 1.165) is 6.54 Å². The normalized spacial score (nSPS) is 16.1. The van der Waals surface area contributed by atoms with E-state index in [0.29, 0.717) is 24.8 Å². The first-order valence-electron chi connectivity index (χ1n) is 9.76. The van der Waals surface area contributed by atoms with E-state index in [-0.39, 0.29) is 11.7 Å². The summed E-state index contributed by atoms with van der Waals surface area (Å²) >= 11 is 0. The summed E-state index contributed by atoms with van der Waals surface area (Å²) in [5, 5.41) is 3.74. The van der Waals surface area contributed by atoms with Crippen molar-refractivity contribution >= 4 is 0 Å². The van der Waals surface area contributed by atoms with Gasteiger partial charge >= 0.3 is 0 Å². The molecule has 1 aliphatic rings. The lowest BCUT2D eigenvalue weighted by atomic mass is 9.91. The molecule has 2 aromatic rings. The van der Waals surface area contributed by atoms with Gasteiger partial charge in [0.1, 0.15) is 5.82 Å². The van der Waals surface area contributed by atoms with E-state index >= 15 is 0 Å². The average Bonchev–Trinajstić information content (AvgIpc) is 3.14. The molecule has 0 heterocycles. The Balaban J connectivity index is 1.67. The Morgan fingerprint density at radius 2 is 1.73 bits per heavy atom. The first kappa shape index (κ1) is 19.1. The zero-order valence-electron chi connectivity index (χ0n) is 15.9. The van der Waals surface area contributed by atoms with Gasteiger partial charge in [-0.15, -0.1) is 0 Å². The molecule has 2 nitrogen and oxygen atoms in total. The van der Waals surface area contributed by atoms with Crippen molar-refractivity contribution in [3.63, 3.8) is 0 Å². The van der Waals surface area contributed by atoms with E-state index in [9.17, 15) is 4.39 Å². The number of rotatable bonds is 8. The van der Waals surface area contributed by atoms with Crippen LogP contribution in [0.4, 0.5) is 4.39 Å². The van der Waals surface area contributed by atoms with E-state index < -0.39 is 0 Å². The van der Waals surface area contributed by atoms with Crippen molar-refractivity contribution in [3.05, 3.63) is 70.5 Å². The summed E-state index contributed by atoms with van der Waals surface area (Å²) in [5.41, 5.74) is 4.60. The number of nitrogens with one attached hydrogen (secondary N) is 1. The Hall–Kier alpha value is -1.71. The molecule has 1 atom stereocenters. The third kappa shape index (κ3) is 4.93. The standard InChI is InChI=1S/C23H30FNO/c1-17-8-7-9-18(2)23(17)20(14-25-21-11-4-5-12-21)16-26-15-19-10-3-6-13-22(19)24/h3,6-10,13,20-21,25H,4-5,11-12,14-16H2,1-2H3. The molecule has 1 aliphatic carbocycles. The number of aryl methyl sites for hydroxylation is 2. The molecule has 0 saturated heterocycles. The number of hydrogen-bond acceptors (Lipinski definition) is 2. The molecule has 3 rings (SSSR count). The number of benzene rings is 2. The fraction of sp³-hybridized carbons (Fsp3) is 0.478. The third-order valence-electron chi connectivity index (χ3n) is 5.49. The average molecular weight is 355 g/mol. The molecule has 0 radical (unpaired) electrons. The summed E-state index contributed by atoms with van der Waals surface area (Å²) < 4.78 is 19.8. The van der Waals surface area contributed by atoms with Gasteiger partial charge in [0.05, 0.1) is 13.2 Å². The molecule has 140 valence electrons. The molecule has 3 heteroatoms. The van der Waals surface area contributed by atoms with E-state index in [1.54, 1.807) is 12.1 Å². The molecule has 0 aromatic heterocycles. The highest BCUT2D eigenvalue weighted by Crippen LogP contribution is 2.26. The Labute approximate surface area is 156 Å². The summed E-state index contributed by atoms with van der Waals surface area (Å²) in [6, 6.07) is 13.9. The summed E-state index contributed by atoms with van der Waals surface area (Å²) in [6.45, 7) is 6.16. The van der Waals surface area contributed by atoms with Gasteiger partial charge in [-0.25, -0.2) is 4.39 Å². The van der Waals surface area contributed by atoms with Gasteiger partial charge in [0.15, 0.2) is 0 Å². The highest BCUT2D eigenvalue weighted by molar-refractivity contribution is 5.37. The largest absolute Gasteiger partial charge is 0.376 e. The lowest BCUT2D eigenvalue weighted by Gasteiger charge is -2.24. The van der Waals surface area contributed by atoms with Crippen LogP contribution in [0.5, 0.6) is 0 Å². The molecule has 1 saturated carbocycles. The smallest absolute Gasteiger partial charge is 0.128 e. The maximum absolute atomic E-state index is 13.8. The van der Waals surface area contributed by atoms with Crippen molar-refractivity contribution in [2.45, 2.75) is 58.1 Å². The van der Waals surface area contributed by atoms with Gasteiger partial charge in [0, 0.05) is 24.1 Å². The molecular formula is C23H30FNO. The molecule has 0 aliphatic heterocycles. The molecule has 0 amide bonds. The predicted molar refractivity (Wildman–Crippen MR) is 105 cm³/mol. The molecule has 26 heavy (non-hydrogen) atoms. The fourth-order valence-electron chi connectivity index (χ4n) is 4.08. The second kappa shape index (κ2) is 9.29. The topological polar surface area (TPSA) is 21.3 Å². The quantitative estimate of drug-likeness (QED) is 0.696. The molecule has 1 unspecified atom stereocenters. The molecule has 0 bridgehead atoms. The van der Waals surface area contributed by atoms with E-state index in [4.69, 9.17) is 4.74 Å². The second-order valence-corrected chi connectivity index (χ2v) is 7.50. The highest BCUT2D eigenvalue weighted by Gasteiger charge is 2.20. The minimum absolute atomic E-state index is 0.194. The van der Waals surface area contributed by atoms with Gasteiger partial charge in [0.2, 0.25) is 0 Å². The molecule has 0 spiro atoms. The Morgan fingerprint density at radius 1 is 1.04 bits per heavy atom. The monoisotopic (exact) mass is 355 g/mol. The maximum atomic E-state index is 13.8. The van der Waals surface area contributed by atoms with Gasteiger partial charge in [-0.2, -0.15) is 0 Å². The van der Waals surface area contributed by atoms with Crippen LogP contribution in [0.2, 0.25) is 0 Å². The van der Waals surface area contributed by atoms with Crippen LogP contribution in [0.3, 0.4) is 0 Å². The van der Waals surface area contributed by atoms with Crippen LogP contribution >= 0.6 is 0 Å². The Kier molecular flexibility index (Phi) is 6.81. The lowest BCUT2D eigenvalue weighted by Crippen LogP contribution is -2.32. The summed E-state index contributed by atoms with van der Waals surface area (Å²) in [5.74, 6) is 0.0868. The fourth-order valence-corrected chi connectivity index (χ4v) is 4.08. The molecule has 1 N–H and O–H groups in total. The van der Waals surface area contributed by atoms with Gasteiger partial charge in [-0.1, -0.05) is 49.2 Å². The van der Waals surface area contributed by atoms with Crippen LogP contribution in [0.25, 0.3) is 0 Å². The van der Waals surface area contributed by atoms with Crippen LogP contribution in [0.15, 0.2) is 42.5 Å². The van der Waals surface area contributed by atoms with Crippen LogP contribution in [-0.4, -0.2) is 19.2 Å². The zero-order valence-corrected chi connectivity index (χ0v) is 15.9. The Bertz CT molecular complexity index is 689. The summed E-state index contributed by atoms with van der Waals surface area (Å²) in [4.78, 5) is 0. The zero-order chi connectivity index (χ0) is 18.4. The van der Waals surface area contributed by atoms with Crippen molar-refractivity contribution in [2.24, 2.45) is 0 Å². The summed E-state index contributed by atoms with van der Waals surface area (Å²) in [6.07, 6.45) is 5.20. The third-order valence-corrected chi connectivity index (χ3v) is 5.49. The molecule has 2 aromatic carbocycles. The highest BCUT2D eigenvalue weighted by atomic mass is 19.1. The van der Waals surface area contributed by atoms with E-state index in [1.807, 2.05) is 6.07 Å². The molecular weight excluding hydrogens is 325 g/mol. The minimum atomic E-state index is -0.194. The SMILES string of the molecule is Cc1cccc(C)c1C(CNC1CCCC1)COCc1ccccc1F. The van der Waals surface area contributed by atoms with Crippen LogP contribution < -0.4 is 5.32 Å². The van der Waals surface area contributed by atoms with Crippen molar-refractivity contribution in [2.75, 3.05) is 13.2 Å². The van der Waals surface area contributed by atoms with Crippen molar-refractivity contribution < 1.29 is 9.13 Å². The van der Waals surface area contributed by atoms with Crippen molar-refractivity contribution in [1.82, 2.24) is 5.32 Å². The van der Waals surface area contributed by atoms with Gasteiger partial charge < -0.3 is 10.1 Å². The van der Waals surface area contributed by atoms with Crippen LogP contribution in [0.1, 0.15) is 53.9 Å². The van der Waals surface area contributed by atoms with Crippen LogP contribution in [-0.2, 0) is 11.3 Å². The van der Waals surface area contributed by atoms with Crippen LogP contribution in [0, 0.1) is 19.7 Å². The van der Waals surface area contributed by atoms with Crippen molar-refractivity contribution in [3.8, 4) is 0 Å². The maximum Gasteiger partial charge on any atom is 0.128 e. The Morgan fingerprint density at radius 3 is 2.42 bits per heavy atom. The van der Waals surface area contributed by atoms with E-state index in [1.165, 1.54) is 48.4 Å². The lowest BCUT2D eigenvalue weighted by molar-refractivity contribution is 0.103. The number of halogens is 1. The minimum Gasteiger partial charge on any atom is -0.376 e. The molecule has 1 fully saturated rings. The van der Waals surface area contributed by atoms with Crippen molar-refractivity contribution in [1.29, 1.82) is 0 Å². The van der Waals surface area contributed by atoms with Gasteiger partial charge in [0.25, 0.3) is 0 Å². The number of hydrogen-bond donors (Lipinski definition) is 1. The number of ether oxygens (including phenoxy) is 1. The predicted octanol–water partition coefficient (Wildman–Crippen LogP) is 5.28. The van der Waals surface area contributed by atoms with E-state index in [2.05, 4.69) is 37.4 Å². The first-order chi connectivity index (χ1) is 12.6.